The van der Waals surface area contributed by atoms with Crippen molar-refractivity contribution in [1.82, 2.24) is 5.32 Å². The maximum atomic E-state index is 12.0. The summed E-state index contributed by atoms with van der Waals surface area (Å²) in [7, 11) is 0. The van der Waals surface area contributed by atoms with Crippen molar-refractivity contribution in [3.8, 4) is 0 Å². The number of nitrogens with zero attached hydrogens (tertiary/aromatic N) is 1. The molecule has 7 nitrogen and oxygen atoms in total. The monoisotopic (exact) mass is 458 g/mol. The van der Waals surface area contributed by atoms with Crippen LogP contribution in [-0.4, -0.2) is 58.7 Å². The highest BCUT2D eigenvalue weighted by Gasteiger charge is 2.26. The Morgan fingerprint density at radius 1 is 1.12 bits per heavy atom. The van der Waals surface area contributed by atoms with E-state index in [0.717, 1.165) is 17.6 Å². The summed E-state index contributed by atoms with van der Waals surface area (Å²) in [6, 6.07) is -2.59. The molecule has 0 aromatic carbocycles. The van der Waals surface area contributed by atoms with Crippen LogP contribution >= 0.6 is 0 Å². The molecule has 0 saturated carbocycles. The zero-order valence-corrected chi connectivity index (χ0v) is 20.3. The lowest BCUT2D eigenvalue weighted by molar-refractivity contribution is -0.143. The van der Waals surface area contributed by atoms with Crippen LogP contribution in [0.1, 0.15) is 53.9 Å². The van der Waals surface area contributed by atoms with Crippen molar-refractivity contribution in [2.45, 2.75) is 66.0 Å². The predicted molar refractivity (Wildman–Crippen MR) is 132 cm³/mol. The number of carbonyl (C=O) groups excluding carboxylic acids is 1. The molecule has 182 valence electrons. The molecule has 1 amide bonds. The number of aliphatic hydroxyl groups excluding tert-OH is 2. The van der Waals surface area contributed by atoms with E-state index in [1.807, 2.05) is 32.1 Å². The Labute approximate surface area is 197 Å². The summed E-state index contributed by atoms with van der Waals surface area (Å²) in [4.78, 5) is 26.9. The van der Waals surface area contributed by atoms with Gasteiger partial charge in [-0.25, -0.2) is 4.79 Å². The van der Waals surface area contributed by atoms with E-state index in [2.05, 4.69) is 43.2 Å². The number of carbonyl (C=O) groups is 2. The highest BCUT2D eigenvalue weighted by molar-refractivity contribution is 5.88. The molecule has 0 unspecified atom stereocenters. The predicted octanol–water partition coefficient (Wildman–Crippen LogP) is 3.51. The van der Waals surface area contributed by atoms with E-state index in [4.69, 9.17) is 10.2 Å². The first-order valence-electron chi connectivity index (χ1n) is 11.2. The third kappa shape index (κ3) is 9.72. The maximum Gasteiger partial charge on any atom is 0.328 e. The van der Waals surface area contributed by atoms with E-state index in [-0.39, 0.29) is 5.41 Å². The topological polar surface area (TPSA) is 119 Å². The number of carboxylic acid groups (broad SMARTS) is 1. The Hall–Kier alpha value is -2.77. The standard InChI is InChI=1S/C26H38N2O5/c1-18(11-12-21-20(3)10-7-14-26(21,4)5)8-6-9-19(2)13-15-27-22(16-29)24(31)28-23(17-30)25(32)33/h6,8-9,11-13,15,22-23,29-30H,7,10,14,16-17H2,1-5H3,(H,28,31)(H,32,33)/b9-6+,12-11+,18-8+,19-13+,27-15?/t22-,23-/m0/s1. The summed E-state index contributed by atoms with van der Waals surface area (Å²) < 4.78 is 0. The van der Waals surface area contributed by atoms with Crippen LogP contribution in [0.2, 0.25) is 0 Å². The highest BCUT2D eigenvalue weighted by atomic mass is 16.4. The minimum atomic E-state index is -1.43. The van der Waals surface area contributed by atoms with Gasteiger partial charge < -0.3 is 20.6 Å². The molecular formula is C26H38N2O5. The molecule has 2 atom stereocenters. The van der Waals surface area contributed by atoms with Gasteiger partial charge in [0.25, 0.3) is 0 Å². The fraction of sp³-hybridized carbons (Fsp3) is 0.500. The average Bonchev–Trinajstić information content (AvgIpc) is 2.73. The molecule has 0 bridgehead atoms. The van der Waals surface area contributed by atoms with Crippen LogP contribution in [0.4, 0.5) is 0 Å². The van der Waals surface area contributed by atoms with Crippen LogP contribution in [0.3, 0.4) is 0 Å². The molecule has 0 spiro atoms. The number of carboxylic acids is 1. The summed E-state index contributed by atoms with van der Waals surface area (Å²) in [5.41, 5.74) is 5.12. The van der Waals surface area contributed by atoms with Gasteiger partial charge in [-0.3, -0.25) is 9.79 Å². The van der Waals surface area contributed by atoms with Crippen molar-refractivity contribution < 1.29 is 24.9 Å². The van der Waals surface area contributed by atoms with Gasteiger partial charge in [0.05, 0.1) is 13.2 Å². The SMILES string of the molecule is CC1=C(/C=C/C(C)=C/C=C/C(C)=C/C=N[C@@H](CO)C(=O)N[C@@H](CO)C(=O)O)C(C)(C)CCC1. The van der Waals surface area contributed by atoms with Crippen molar-refractivity contribution in [3.05, 3.63) is 58.7 Å². The number of aliphatic carboxylic acids is 1. The number of hydrogen-bond donors (Lipinski definition) is 4. The van der Waals surface area contributed by atoms with Crippen LogP contribution in [-0.2, 0) is 9.59 Å². The molecule has 0 aromatic heterocycles. The lowest BCUT2D eigenvalue weighted by Crippen LogP contribution is -2.47. The van der Waals surface area contributed by atoms with E-state index < -0.39 is 37.2 Å². The molecule has 0 radical (unpaired) electrons. The fourth-order valence-corrected chi connectivity index (χ4v) is 3.60. The van der Waals surface area contributed by atoms with Crippen molar-refractivity contribution >= 4 is 18.1 Å². The van der Waals surface area contributed by atoms with Crippen LogP contribution < -0.4 is 5.32 Å². The van der Waals surface area contributed by atoms with E-state index in [1.165, 1.54) is 30.2 Å². The molecule has 4 N–H and O–H groups in total. The van der Waals surface area contributed by atoms with Gasteiger partial charge in [-0.15, -0.1) is 0 Å². The smallest absolute Gasteiger partial charge is 0.328 e. The molecule has 0 heterocycles. The Bertz CT molecular complexity index is 875. The van der Waals surface area contributed by atoms with E-state index >= 15 is 0 Å². The lowest BCUT2D eigenvalue weighted by Gasteiger charge is -2.32. The first-order chi connectivity index (χ1) is 15.5. The van der Waals surface area contributed by atoms with Gasteiger partial charge in [-0.2, -0.15) is 0 Å². The number of aliphatic hydroxyl groups is 2. The van der Waals surface area contributed by atoms with E-state index in [9.17, 15) is 14.7 Å². The third-order valence-electron chi connectivity index (χ3n) is 5.65. The van der Waals surface area contributed by atoms with Crippen molar-refractivity contribution in [1.29, 1.82) is 0 Å². The van der Waals surface area contributed by atoms with Crippen LogP contribution in [0.25, 0.3) is 0 Å². The highest BCUT2D eigenvalue weighted by Crippen LogP contribution is 2.40. The number of amides is 1. The first-order valence-corrected chi connectivity index (χ1v) is 11.2. The number of aliphatic imine (C=N–C) groups is 1. The van der Waals surface area contributed by atoms with Gasteiger partial charge in [0.2, 0.25) is 5.91 Å². The van der Waals surface area contributed by atoms with E-state index in [0.29, 0.717) is 0 Å². The average molecular weight is 459 g/mol. The van der Waals surface area contributed by atoms with Crippen molar-refractivity contribution in [2.75, 3.05) is 13.2 Å². The van der Waals surface area contributed by atoms with Gasteiger partial charge in [0.15, 0.2) is 6.04 Å². The number of rotatable bonds is 11. The Kier molecular flexibility index (Phi) is 11.7. The Morgan fingerprint density at radius 2 is 1.79 bits per heavy atom. The van der Waals surface area contributed by atoms with Crippen molar-refractivity contribution in [2.24, 2.45) is 10.4 Å². The molecule has 1 rings (SSSR count). The van der Waals surface area contributed by atoms with Gasteiger partial charge >= 0.3 is 5.97 Å². The minimum Gasteiger partial charge on any atom is -0.480 e. The number of allylic oxidation sites excluding steroid dienone is 10. The molecule has 7 heteroatoms. The summed E-state index contributed by atoms with van der Waals surface area (Å²) >= 11 is 0. The first kappa shape index (κ1) is 28.3. The molecule has 0 saturated heterocycles. The van der Waals surface area contributed by atoms with Gasteiger partial charge in [0.1, 0.15) is 6.04 Å². The molecule has 0 fully saturated rings. The largest absolute Gasteiger partial charge is 0.480 e. The molecular weight excluding hydrogens is 420 g/mol. The van der Waals surface area contributed by atoms with Crippen LogP contribution in [0.15, 0.2) is 63.7 Å². The van der Waals surface area contributed by atoms with Gasteiger partial charge in [-0.1, -0.05) is 55.4 Å². The lowest BCUT2D eigenvalue weighted by atomic mass is 9.72. The van der Waals surface area contributed by atoms with Crippen LogP contribution in [0.5, 0.6) is 0 Å². The van der Waals surface area contributed by atoms with Crippen molar-refractivity contribution in [3.63, 3.8) is 0 Å². The normalized spacial score (nSPS) is 19.5. The Balaban J connectivity index is 2.72. The Morgan fingerprint density at radius 3 is 2.36 bits per heavy atom. The summed E-state index contributed by atoms with van der Waals surface area (Å²) in [5.74, 6) is -2.13. The number of nitrogens with one attached hydrogen (secondary N) is 1. The van der Waals surface area contributed by atoms with Gasteiger partial charge in [-0.05, 0) is 62.7 Å². The second-order valence-corrected chi connectivity index (χ2v) is 9.02. The van der Waals surface area contributed by atoms with Crippen LogP contribution in [0, 0.1) is 5.41 Å². The molecule has 33 heavy (non-hydrogen) atoms. The minimum absolute atomic E-state index is 0.212. The zero-order chi connectivity index (χ0) is 25.0. The summed E-state index contributed by atoms with van der Waals surface area (Å²) in [6.07, 6.45) is 16.9. The second kappa shape index (κ2) is 13.7. The van der Waals surface area contributed by atoms with E-state index in [1.54, 1.807) is 6.08 Å². The second-order valence-electron chi connectivity index (χ2n) is 9.02. The summed E-state index contributed by atoms with van der Waals surface area (Å²) in [5, 5.41) is 29.3. The number of hydrogen-bond acceptors (Lipinski definition) is 5. The van der Waals surface area contributed by atoms with Gasteiger partial charge in [0, 0.05) is 6.21 Å². The zero-order valence-electron chi connectivity index (χ0n) is 20.3. The quantitative estimate of drug-likeness (QED) is 0.279. The molecule has 0 aliphatic heterocycles. The molecule has 0 aromatic rings. The summed E-state index contributed by atoms with van der Waals surface area (Å²) in [6.45, 7) is 9.41. The maximum absolute atomic E-state index is 12.0. The molecule has 1 aliphatic carbocycles. The fourth-order valence-electron chi connectivity index (χ4n) is 3.60. The third-order valence-corrected chi connectivity index (χ3v) is 5.65. The molecule has 1 aliphatic rings.